The summed E-state index contributed by atoms with van der Waals surface area (Å²) >= 11 is 0. The Labute approximate surface area is 164 Å². The Morgan fingerprint density at radius 3 is 2.69 bits per heavy atom. The summed E-state index contributed by atoms with van der Waals surface area (Å²) in [5.74, 6) is -1.94. The number of rotatable bonds is 5. The summed E-state index contributed by atoms with van der Waals surface area (Å²) in [7, 11) is 0. The van der Waals surface area contributed by atoms with E-state index in [1.54, 1.807) is 24.3 Å². The lowest BCUT2D eigenvalue weighted by Crippen LogP contribution is -2.24. The third kappa shape index (κ3) is 3.66. The fourth-order valence-electron chi connectivity index (χ4n) is 3.98. The number of carbonyl (C=O) groups is 2. The summed E-state index contributed by atoms with van der Waals surface area (Å²) in [5, 5.41) is 8.97. The van der Waals surface area contributed by atoms with Crippen molar-refractivity contribution in [3.05, 3.63) is 58.7 Å². The number of benzene rings is 2. The molecule has 1 aliphatic carbocycles. The Bertz CT molecular complexity index is 983. The second-order valence-electron chi connectivity index (χ2n) is 7.15. The number of carboxylic acid groups (broad SMARTS) is 1. The molecule has 0 aromatic heterocycles. The number of carbonyl (C=O) groups excluding carboxylic acids is 1. The molecule has 1 aliphatic heterocycles. The smallest absolute Gasteiger partial charge is 0.454 e. The van der Waals surface area contributed by atoms with Crippen LogP contribution in [-0.2, 0) is 11.2 Å². The van der Waals surface area contributed by atoms with Gasteiger partial charge in [-0.1, -0.05) is 24.3 Å². The van der Waals surface area contributed by atoms with Gasteiger partial charge < -0.3 is 14.6 Å². The quantitative estimate of drug-likeness (QED) is 0.743. The number of Topliss-reactive ketones (excluding diaryl/α,β-unsaturated/α-hetero) is 1. The molecule has 0 saturated carbocycles. The van der Waals surface area contributed by atoms with Crippen LogP contribution in [0.3, 0.4) is 0 Å². The van der Waals surface area contributed by atoms with E-state index in [0.717, 1.165) is 5.56 Å². The van der Waals surface area contributed by atoms with Gasteiger partial charge in [-0.05, 0) is 30.0 Å². The maximum Gasteiger partial charge on any atom is 0.454 e. The number of carboxylic acids is 1. The maximum absolute atomic E-state index is 12.9. The third-order valence-corrected chi connectivity index (χ3v) is 5.28. The van der Waals surface area contributed by atoms with Crippen molar-refractivity contribution in [2.24, 2.45) is 0 Å². The summed E-state index contributed by atoms with van der Waals surface area (Å²) in [6.45, 7) is 0.278. The number of hydrogen-bond acceptors (Lipinski definition) is 4. The molecule has 0 fully saturated rings. The molecule has 0 spiro atoms. The van der Waals surface area contributed by atoms with Crippen molar-refractivity contribution in [1.82, 2.24) is 0 Å². The first-order valence-electron chi connectivity index (χ1n) is 9.12. The highest BCUT2D eigenvalue weighted by Gasteiger charge is 2.42. The fraction of sp³-hybridized carbons (Fsp3) is 0.333. The number of halogens is 3. The molecule has 2 unspecified atom stereocenters. The largest absolute Gasteiger partial charge is 0.492 e. The molecule has 0 amide bonds. The van der Waals surface area contributed by atoms with Crippen LogP contribution in [-0.4, -0.2) is 29.6 Å². The third-order valence-electron chi connectivity index (χ3n) is 5.28. The monoisotopic (exact) mass is 406 g/mol. The zero-order chi connectivity index (χ0) is 20.8. The number of ether oxygens (including phenoxy) is 2. The molecule has 2 atom stereocenters. The van der Waals surface area contributed by atoms with Crippen molar-refractivity contribution in [2.45, 2.75) is 37.5 Å². The van der Waals surface area contributed by atoms with E-state index in [1.165, 1.54) is 12.1 Å². The van der Waals surface area contributed by atoms with Gasteiger partial charge in [-0.25, -0.2) is 0 Å². The van der Waals surface area contributed by atoms with Gasteiger partial charge in [0.25, 0.3) is 5.78 Å². The van der Waals surface area contributed by atoms with Crippen molar-refractivity contribution < 1.29 is 37.3 Å². The predicted octanol–water partition coefficient (Wildman–Crippen LogP) is 4.45. The van der Waals surface area contributed by atoms with Crippen molar-refractivity contribution in [3.8, 4) is 11.5 Å². The number of aliphatic carboxylic acids is 1. The Hall–Kier alpha value is -3.03. The molecule has 1 N–H and O–H groups in total. The van der Waals surface area contributed by atoms with Crippen LogP contribution in [0, 0.1) is 0 Å². The second-order valence-corrected chi connectivity index (χ2v) is 7.15. The van der Waals surface area contributed by atoms with E-state index < -0.39 is 24.0 Å². The number of fused-ring (bicyclic) bond motifs is 2. The zero-order valence-electron chi connectivity index (χ0n) is 15.2. The van der Waals surface area contributed by atoms with Crippen LogP contribution >= 0.6 is 0 Å². The summed E-state index contributed by atoms with van der Waals surface area (Å²) in [6, 6.07) is 9.42. The van der Waals surface area contributed by atoms with Gasteiger partial charge in [-0.15, -0.1) is 0 Å². The van der Waals surface area contributed by atoms with Gasteiger partial charge in [0.1, 0.15) is 17.6 Å². The van der Waals surface area contributed by atoms with Gasteiger partial charge in [-0.2, -0.15) is 13.2 Å². The molecule has 5 nitrogen and oxygen atoms in total. The minimum absolute atomic E-state index is 0.0286. The van der Waals surface area contributed by atoms with Gasteiger partial charge in [0.05, 0.1) is 13.0 Å². The lowest BCUT2D eigenvalue weighted by atomic mass is 9.98. The Morgan fingerprint density at radius 1 is 1.17 bits per heavy atom. The first-order chi connectivity index (χ1) is 13.7. The average molecular weight is 406 g/mol. The first-order valence-corrected chi connectivity index (χ1v) is 9.12. The van der Waals surface area contributed by atoms with E-state index in [2.05, 4.69) is 0 Å². The highest BCUT2D eigenvalue weighted by atomic mass is 19.4. The van der Waals surface area contributed by atoms with Crippen molar-refractivity contribution >= 4 is 11.8 Å². The number of alkyl halides is 3. The van der Waals surface area contributed by atoms with Crippen LogP contribution in [0.15, 0.2) is 36.4 Å². The average Bonchev–Trinajstić information content (AvgIpc) is 3.24. The highest BCUT2D eigenvalue weighted by molar-refractivity contribution is 6.01. The second kappa shape index (κ2) is 7.09. The predicted molar refractivity (Wildman–Crippen MR) is 95.4 cm³/mol. The topological polar surface area (TPSA) is 72.8 Å². The van der Waals surface area contributed by atoms with Crippen LogP contribution in [0.2, 0.25) is 0 Å². The van der Waals surface area contributed by atoms with E-state index >= 15 is 0 Å². The highest BCUT2D eigenvalue weighted by Crippen LogP contribution is 2.42. The molecule has 0 radical (unpaired) electrons. The Balaban J connectivity index is 1.55. The van der Waals surface area contributed by atoms with E-state index in [0.29, 0.717) is 35.5 Å². The van der Waals surface area contributed by atoms with E-state index in [1.807, 2.05) is 0 Å². The van der Waals surface area contributed by atoms with Crippen LogP contribution in [0.25, 0.3) is 0 Å². The summed E-state index contributed by atoms with van der Waals surface area (Å²) < 4.78 is 50.1. The lowest BCUT2D eigenvalue weighted by molar-refractivity contribution is -0.137. The maximum atomic E-state index is 12.9. The Morgan fingerprint density at radius 2 is 1.97 bits per heavy atom. The number of ketones is 1. The molecule has 4 rings (SSSR count). The molecule has 2 aromatic rings. The van der Waals surface area contributed by atoms with Gasteiger partial charge in [0.15, 0.2) is 0 Å². The molecular weight excluding hydrogens is 389 g/mol. The van der Waals surface area contributed by atoms with Crippen molar-refractivity contribution in [3.63, 3.8) is 0 Å². The molecule has 2 aliphatic rings. The van der Waals surface area contributed by atoms with Crippen LogP contribution in [0.1, 0.15) is 51.9 Å². The van der Waals surface area contributed by atoms with E-state index in [-0.39, 0.29) is 24.5 Å². The molecule has 0 saturated heterocycles. The molecular formula is C21H17F3O5. The molecule has 0 bridgehead atoms. The molecule has 29 heavy (non-hydrogen) atoms. The van der Waals surface area contributed by atoms with Gasteiger partial charge in [-0.3, -0.25) is 9.59 Å². The molecule has 8 heteroatoms. The van der Waals surface area contributed by atoms with E-state index in [4.69, 9.17) is 14.6 Å². The fourth-order valence-corrected chi connectivity index (χ4v) is 3.98. The van der Waals surface area contributed by atoms with Crippen LogP contribution in [0.4, 0.5) is 13.2 Å². The lowest BCUT2D eigenvalue weighted by Gasteiger charge is -2.16. The first kappa shape index (κ1) is 19.3. The molecule has 152 valence electrons. The van der Waals surface area contributed by atoms with Gasteiger partial charge in [0, 0.05) is 23.1 Å². The standard InChI is InChI=1S/C21H17F3O5/c22-21(23,24)20(27)16-3-1-2-15-14(16)6-7-17(15)29-12-4-5-13-11(8-19(25)26)10-28-18(13)9-12/h1-5,9,11,17H,6-8,10H2,(H,25,26). The minimum Gasteiger partial charge on any atom is -0.492 e. The van der Waals surface area contributed by atoms with Crippen molar-refractivity contribution in [1.29, 1.82) is 0 Å². The number of hydrogen-bond donors (Lipinski definition) is 1. The van der Waals surface area contributed by atoms with Crippen molar-refractivity contribution in [2.75, 3.05) is 6.61 Å². The summed E-state index contributed by atoms with van der Waals surface area (Å²) in [6.07, 6.45) is -4.64. The normalized spacial score (nSPS) is 20.0. The molecule has 1 heterocycles. The van der Waals surface area contributed by atoms with E-state index in [9.17, 15) is 22.8 Å². The van der Waals surface area contributed by atoms with Crippen LogP contribution < -0.4 is 9.47 Å². The van der Waals surface area contributed by atoms with Gasteiger partial charge >= 0.3 is 12.1 Å². The van der Waals surface area contributed by atoms with Crippen LogP contribution in [0.5, 0.6) is 11.5 Å². The zero-order valence-corrected chi connectivity index (χ0v) is 15.2. The Kier molecular flexibility index (Phi) is 4.72. The molecule has 2 aromatic carbocycles. The summed E-state index contributed by atoms with van der Waals surface area (Å²) in [5.41, 5.74) is 1.42. The minimum atomic E-state index is -4.92. The SMILES string of the molecule is O=C(O)CC1COc2cc(OC3CCc4c(C(=O)C(F)(F)F)cccc43)ccc21. The summed E-state index contributed by atoms with van der Waals surface area (Å²) in [4.78, 5) is 22.6. The van der Waals surface area contributed by atoms with Gasteiger partial charge in [0.2, 0.25) is 0 Å².